The van der Waals surface area contributed by atoms with Crippen molar-refractivity contribution in [3.05, 3.63) is 59.5 Å². The molecule has 3 aliphatic rings. The van der Waals surface area contributed by atoms with Gasteiger partial charge in [0, 0.05) is 12.1 Å². The van der Waals surface area contributed by atoms with Crippen LogP contribution in [0.4, 0.5) is 4.79 Å². The molecule has 2 bridgehead atoms. The highest BCUT2D eigenvalue weighted by molar-refractivity contribution is 5.75. The fourth-order valence-corrected chi connectivity index (χ4v) is 6.32. The van der Waals surface area contributed by atoms with Gasteiger partial charge in [0.1, 0.15) is 17.2 Å². The van der Waals surface area contributed by atoms with E-state index in [0.717, 1.165) is 29.9 Å². The number of rotatable bonds is 3. The van der Waals surface area contributed by atoms with Crippen LogP contribution in [-0.2, 0) is 4.74 Å². The van der Waals surface area contributed by atoms with Gasteiger partial charge in [0.05, 0.1) is 17.9 Å². The maximum Gasteiger partial charge on any atom is 0.410 e. The molecule has 182 valence electrons. The predicted molar refractivity (Wildman–Crippen MR) is 135 cm³/mol. The lowest BCUT2D eigenvalue weighted by molar-refractivity contribution is 0.0218. The Bertz CT molecular complexity index is 1270. The van der Waals surface area contributed by atoms with Crippen molar-refractivity contribution in [1.82, 2.24) is 14.9 Å². The van der Waals surface area contributed by atoms with Crippen molar-refractivity contribution in [2.45, 2.75) is 76.4 Å². The Labute approximate surface area is 206 Å². The summed E-state index contributed by atoms with van der Waals surface area (Å²) in [5, 5.41) is 10.5. The van der Waals surface area contributed by atoms with E-state index in [0.29, 0.717) is 24.1 Å². The molecule has 2 aromatic carbocycles. The van der Waals surface area contributed by atoms with E-state index < -0.39 is 5.60 Å². The predicted octanol–water partition coefficient (Wildman–Crippen LogP) is 6.89. The van der Waals surface area contributed by atoms with Gasteiger partial charge in [-0.2, -0.15) is 0 Å². The second kappa shape index (κ2) is 8.14. The minimum atomic E-state index is -0.516. The molecular weight excluding hydrogens is 438 g/mol. The number of phenolic OH excluding ortho intramolecular Hbond substituents is 1. The van der Waals surface area contributed by atoms with Crippen molar-refractivity contribution in [2.75, 3.05) is 6.54 Å². The third-order valence-electron chi connectivity index (χ3n) is 7.81. The fraction of sp³-hybridized carbons (Fsp3) is 0.448. The number of nitrogens with zero attached hydrogens (tertiary/aromatic N) is 2. The molecular formula is C29H33N3O3. The first kappa shape index (κ1) is 22.2. The molecule has 6 heteroatoms. The smallest absolute Gasteiger partial charge is 0.410 e. The van der Waals surface area contributed by atoms with Gasteiger partial charge < -0.3 is 14.8 Å². The first-order valence-electron chi connectivity index (χ1n) is 12.8. The Morgan fingerprint density at radius 2 is 1.74 bits per heavy atom. The number of carbonyl (C=O) groups is 1. The molecule has 2 N–H and O–H groups in total. The van der Waals surface area contributed by atoms with E-state index in [4.69, 9.17) is 4.74 Å². The van der Waals surface area contributed by atoms with E-state index in [1.165, 1.54) is 41.5 Å². The average molecular weight is 472 g/mol. The molecule has 3 aromatic rings. The SMILES string of the molecule is CC(C)(C)OC(=O)N1CCC[C@H]1c1ncc(-c2ccc(-c3ccc(O)c4c3[C@@H]3CC[C@H]4C3)cc2)[nH]1. The van der Waals surface area contributed by atoms with Gasteiger partial charge in [-0.3, -0.25) is 4.90 Å². The number of aromatic hydroxyl groups is 1. The molecule has 0 unspecified atom stereocenters. The van der Waals surface area contributed by atoms with Crippen LogP contribution >= 0.6 is 0 Å². The van der Waals surface area contributed by atoms with Crippen LogP contribution in [0.15, 0.2) is 42.6 Å². The lowest BCUT2D eigenvalue weighted by Crippen LogP contribution is -2.36. The van der Waals surface area contributed by atoms with E-state index in [9.17, 15) is 9.90 Å². The van der Waals surface area contributed by atoms with Crippen molar-refractivity contribution < 1.29 is 14.6 Å². The van der Waals surface area contributed by atoms with Crippen LogP contribution in [0.25, 0.3) is 22.4 Å². The van der Waals surface area contributed by atoms with E-state index in [2.05, 4.69) is 40.3 Å². The zero-order chi connectivity index (χ0) is 24.3. The molecule has 1 amide bonds. The molecule has 1 saturated carbocycles. The normalized spacial score (nSPS) is 23.1. The summed E-state index contributed by atoms with van der Waals surface area (Å²) in [5.74, 6) is 2.37. The van der Waals surface area contributed by atoms with Crippen molar-refractivity contribution >= 4 is 6.09 Å². The Morgan fingerprint density at radius 3 is 2.49 bits per heavy atom. The summed E-state index contributed by atoms with van der Waals surface area (Å²) in [6.45, 7) is 6.36. The lowest BCUT2D eigenvalue weighted by Gasteiger charge is -2.27. The number of H-pyrrole nitrogens is 1. The highest BCUT2D eigenvalue weighted by atomic mass is 16.6. The highest BCUT2D eigenvalue weighted by Gasteiger charge is 2.40. The van der Waals surface area contributed by atoms with Gasteiger partial charge in [-0.1, -0.05) is 30.3 Å². The maximum atomic E-state index is 12.7. The zero-order valence-electron chi connectivity index (χ0n) is 20.7. The van der Waals surface area contributed by atoms with Crippen molar-refractivity contribution in [3.8, 4) is 28.1 Å². The average Bonchev–Trinajstić information content (AvgIpc) is 3.62. The standard InChI is InChI=1S/C29H33N3O3/c1-29(2,3)35-28(34)32-14-4-5-23(32)27-30-16-22(31-27)18-8-6-17(7-9-18)21-12-13-24(33)26-20-11-10-19(15-20)25(21)26/h6-9,12-13,16,19-20,23,33H,4-5,10-11,14-15H2,1-3H3,(H,30,31)/t19-,20+,23+/m1/s1. The van der Waals surface area contributed by atoms with Crippen LogP contribution in [-0.4, -0.2) is 38.2 Å². The van der Waals surface area contributed by atoms with Crippen LogP contribution in [0.5, 0.6) is 5.75 Å². The summed E-state index contributed by atoms with van der Waals surface area (Å²) in [6.07, 6.45) is 6.99. The number of imidazole rings is 1. The molecule has 2 aliphatic carbocycles. The second-order valence-electron chi connectivity index (χ2n) is 11.3. The Hall–Kier alpha value is -3.28. The number of fused-ring (bicyclic) bond motifs is 5. The summed E-state index contributed by atoms with van der Waals surface area (Å²) >= 11 is 0. The third kappa shape index (κ3) is 3.89. The molecule has 1 saturated heterocycles. The minimum Gasteiger partial charge on any atom is -0.508 e. The number of amides is 1. The summed E-state index contributed by atoms with van der Waals surface area (Å²) in [4.78, 5) is 22.6. The molecule has 6 nitrogen and oxygen atoms in total. The minimum absolute atomic E-state index is 0.0899. The van der Waals surface area contributed by atoms with Crippen LogP contribution in [0.3, 0.4) is 0 Å². The number of ether oxygens (including phenoxy) is 1. The van der Waals surface area contributed by atoms with Crippen LogP contribution in [0.2, 0.25) is 0 Å². The van der Waals surface area contributed by atoms with Crippen LogP contribution in [0.1, 0.15) is 87.7 Å². The van der Waals surface area contributed by atoms with Gasteiger partial charge in [-0.15, -0.1) is 0 Å². The number of hydrogen-bond donors (Lipinski definition) is 2. The lowest BCUT2D eigenvalue weighted by atomic mass is 9.85. The van der Waals surface area contributed by atoms with Crippen molar-refractivity contribution in [3.63, 3.8) is 0 Å². The first-order valence-corrected chi connectivity index (χ1v) is 12.8. The molecule has 2 fully saturated rings. The summed E-state index contributed by atoms with van der Waals surface area (Å²) < 4.78 is 5.61. The zero-order valence-corrected chi connectivity index (χ0v) is 20.7. The highest BCUT2D eigenvalue weighted by Crippen LogP contribution is 2.58. The number of aromatic nitrogens is 2. The number of benzene rings is 2. The van der Waals surface area contributed by atoms with Gasteiger partial charge in [0.15, 0.2) is 0 Å². The Balaban J connectivity index is 1.24. The van der Waals surface area contributed by atoms with Gasteiger partial charge in [0.25, 0.3) is 0 Å². The molecule has 1 aliphatic heterocycles. The van der Waals surface area contributed by atoms with E-state index in [1.54, 1.807) is 4.90 Å². The maximum absolute atomic E-state index is 12.7. The number of nitrogens with one attached hydrogen (secondary N) is 1. The van der Waals surface area contributed by atoms with Crippen molar-refractivity contribution in [2.24, 2.45) is 0 Å². The molecule has 2 heterocycles. The van der Waals surface area contributed by atoms with E-state index in [-0.39, 0.29) is 12.1 Å². The van der Waals surface area contributed by atoms with Gasteiger partial charge in [-0.05, 0) is 93.0 Å². The Morgan fingerprint density at radius 1 is 1.03 bits per heavy atom. The van der Waals surface area contributed by atoms with Gasteiger partial charge in [-0.25, -0.2) is 9.78 Å². The number of hydrogen-bond acceptors (Lipinski definition) is 4. The molecule has 0 spiro atoms. The molecule has 35 heavy (non-hydrogen) atoms. The Kier molecular flexibility index (Phi) is 5.17. The quantitative estimate of drug-likeness (QED) is 0.436. The monoisotopic (exact) mass is 471 g/mol. The summed E-state index contributed by atoms with van der Waals surface area (Å²) in [6, 6.07) is 12.4. The fourth-order valence-electron chi connectivity index (χ4n) is 6.32. The van der Waals surface area contributed by atoms with Crippen molar-refractivity contribution in [1.29, 1.82) is 0 Å². The molecule has 1 aromatic heterocycles. The van der Waals surface area contributed by atoms with Gasteiger partial charge in [0.2, 0.25) is 0 Å². The largest absolute Gasteiger partial charge is 0.508 e. The summed E-state index contributed by atoms with van der Waals surface area (Å²) in [7, 11) is 0. The van der Waals surface area contributed by atoms with E-state index >= 15 is 0 Å². The molecule has 0 radical (unpaired) electrons. The first-order chi connectivity index (χ1) is 16.8. The van der Waals surface area contributed by atoms with Gasteiger partial charge >= 0.3 is 6.09 Å². The topological polar surface area (TPSA) is 78.4 Å². The summed E-state index contributed by atoms with van der Waals surface area (Å²) in [5.41, 5.74) is 6.47. The third-order valence-corrected chi connectivity index (χ3v) is 7.81. The molecule has 6 rings (SSSR count). The number of phenols is 1. The van der Waals surface area contributed by atoms with Crippen LogP contribution < -0.4 is 0 Å². The second-order valence-corrected chi connectivity index (χ2v) is 11.3. The molecule has 3 atom stereocenters. The van der Waals surface area contributed by atoms with E-state index in [1.807, 2.05) is 33.0 Å². The van der Waals surface area contributed by atoms with Crippen LogP contribution in [0, 0.1) is 0 Å². The number of aromatic amines is 1. The number of carbonyl (C=O) groups excluding carboxylic acids is 1. The number of likely N-dealkylation sites (tertiary alicyclic amines) is 1.